The van der Waals surface area contributed by atoms with Gasteiger partial charge in [-0.3, -0.25) is 4.99 Å². The zero-order valence-corrected chi connectivity index (χ0v) is 15.0. The van der Waals surface area contributed by atoms with E-state index in [1.54, 1.807) is 18.4 Å². The number of nitrogens with one attached hydrogen (secondary N) is 2. The van der Waals surface area contributed by atoms with Crippen LogP contribution in [-0.4, -0.2) is 26.2 Å². The highest BCUT2D eigenvalue weighted by Crippen LogP contribution is 2.37. The lowest BCUT2D eigenvalue weighted by atomic mass is 10.2. The number of aliphatic imine (C=N–C) groups is 1. The number of halogens is 1. The fourth-order valence-corrected chi connectivity index (χ4v) is 3.31. The number of guanidine groups is 1. The Kier molecular flexibility index (Phi) is 5.82. The molecule has 0 aliphatic carbocycles. The molecule has 0 saturated carbocycles. The second-order valence-corrected chi connectivity index (χ2v) is 6.75. The van der Waals surface area contributed by atoms with Gasteiger partial charge < -0.3 is 20.1 Å². The molecule has 7 heteroatoms. The maximum absolute atomic E-state index is 6.32. The minimum Gasteiger partial charge on any atom is -0.489 e. The van der Waals surface area contributed by atoms with E-state index in [1.165, 1.54) is 4.88 Å². The third-order valence-electron chi connectivity index (χ3n) is 3.56. The molecule has 2 aromatic rings. The summed E-state index contributed by atoms with van der Waals surface area (Å²) < 4.78 is 11.4. The van der Waals surface area contributed by atoms with Crippen LogP contribution in [0.4, 0.5) is 0 Å². The molecule has 0 amide bonds. The number of hydrogen-bond donors (Lipinski definition) is 2. The van der Waals surface area contributed by atoms with Crippen molar-refractivity contribution in [3.63, 3.8) is 0 Å². The molecule has 0 atom stereocenters. The monoisotopic (exact) mass is 365 g/mol. The van der Waals surface area contributed by atoms with Crippen LogP contribution in [0.15, 0.2) is 34.6 Å². The van der Waals surface area contributed by atoms with Crippen LogP contribution in [0.25, 0.3) is 0 Å². The molecule has 1 aromatic carbocycles. The number of fused-ring (bicyclic) bond motifs is 1. The fourth-order valence-electron chi connectivity index (χ4n) is 2.38. The molecule has 2 N–H and O–H groups in total. The predicted octanol–water partition coefficient (Wildman–Crippen LogP) is 3.43. The lowest BCUT2D eigenvalue weighted by molar-refractivity contribution is 0.297. The molecule has 0 bridgehead atoms. The van der Waals surface area contributed by atoms with E-state index in [2.05, 4.69) is 27.1 Å². The molecule has 5 nitrogen and oxygen atoms in total. The van der Waals surface area contributed by atoms with Gasteiger partial charge in [0.25, 0.3) is 0 Å². The average Bonchev–Trinajstić information content (AvgIpc) is 2.99. The van der Waals surface area contributed by atoms with Crippen LogP contribution >= 0.6 is 22.9 Å². The second-order valence-electron chi connectivity index (χ2n) is 5.31. The topological polar surface area (TPSA) is 54.9 Å². The molecule has 0 fully saturated rings. The molecule has 0 spiro atoms. The van der Waals surface area contributed by atoms with E-state index in [0.29, 0.717) is 36.3 Å². The molecule has 128 valence electrons. The fraction of sp³-hybridized carbons (Fsp3) is 0.353. The summed E-state index contributed by atoms with van der Waals surface area (Å²) in [5, 5.41) is 9.21. The minimum atomic E-state index is 0.577. The van der Waals surface area contributed by atoms with Crippen LogP contribution in [0.1, 0.15) is 16.9 Å². The lowest BCUT2D eigenvalue weighted by Crippen LogP contribution is -2.36. The summed E-state index contributed by atoms with van der Waals surface area (Å²) in [7, 11) is 1.75. The number of hydrogen-bond acceptors (Lipinski definition) is 4. The van der Waals surface area contributed by atoms with Crippen LogP contribution < -0.4 is 20.1 Å². The summed E-state index contributed by atoms with van der Waals surface area (Å²) in [4.78, 5) is 5.50. The van der Waals surface area contributed by atoms with Gasteiger partial charge in [0.15, 0.2) is 17.5 Å². The first kappa shape index (κ1) is 16.9. The van der Waals surface area contributed by atoms with Gasteiger partial charge in [-0.05, 0) is 29.1 Å². The van der Waals surface area contributed by atoms with Crippen LogP contribution in [0.5, 0.6) is 11.5 Å². The average molecular weight is 366 g/mol. The number of nitrogens with zero attached hydrogens (tertiary/aromatic N) is 1. The molecule has 0 unspecified atom stereocenters. The standard InChI is InChI=1S/C17H20ClN3O2S/c1-19-17(21-11-13-4-2-7-24-13)20-10-12-8-14(18)16-15(9-12)22-5-3-6-23-16/h2,4,7-9H,3,5-6,10-11H2,1H3,(H2,19,20,21). The van der Waals surface area contributed by atoms with Crippen molar-refractivity contribution in [2.24, 2.45) is 4.99 Å². The van der Waals surface area contributed by atoms with Gasteiger partial charge >= 0.3 is 0 Å². The van der Waals surface area contributed by atoms with Crippen LogP contribution in [-0.2, 0) is 13.1 Å². The maximum atomic E-state index is 6.32. The number of benzene rings is 1. The van der Waals surface area contributed by atoms with E-state index >= 15 is 0 Å². The van der Waals surface area contributed by atoms with Crippen molar-refractivity contribution >= 4 is 28.9 Å². The largest absolute Gasteiger partial charge is 0.489 e. The summed E-state index contributed by atoms with van der Waals surface area (Å²) in [5.41, 5.74) is 1.02. The Morgan fingerprint density at radius 2 is 2.08 bits per heavy atom. The normalized spacial score (nSPS) is 14.2. The Bertz CT molecular complexity index is 704. The highest BCUT2D eigenvalue weighted by molar-refractivity contribution is 7.09. The van der Waals surface area contributed by atoms with Crippen molar-refractivity contribution in [1.29, 1.82) is 0 Å². The van der Waals surface area contributed by atoms with E-state index in [4.69, 9.17) is 21.1 Å². The Balaban J connectivity index is 1.61. The van der Waals surface area contributed by atoms with Crippen molar-refractivity contribution in [2.45, 2.75) is 19.5 Å². The van der Waals surface area contributed by atoms with Gasteiger partial charge in [-0.1, -0.05) is 17.7 Å². The Morgan fingerprint density at radius 1 is 1.25 bits per heavy atom. The van der Waals surface area contributed by atoms with Gasteiger partial charge in [0.05, 0.1) is 24.8 Å². The van der Waals surface area contributed by atoms with Gasteiger partial charge in [-0.2, -0.15) is 0 Å². The van der Waals surface area contributed by atoms with E-state index in [1.807, 2.05) is 18.2 Å². The molecule has 24 heavy (non-hydrogen) atoms. The van der Waals surface area contributed by atoms with E-state index in [9.17, 15) is 0 Å². The lowest BCUT2D eigenvalue weighted by Gasteiger charge is -2.14. The molecule has 1 aliphatic rings. The molecule has 0 saturated heterocycles. The van der Waals surface area contributed by atoms with Crippen molar-refractivity contribution in [3.8, 4) is 11.5 Å². The number of ether oxygens (including phenoxy) is 2. The Morgan fingerprint density at radius 3 is 2.88 bits per heavy atom. The number of thiophene rings is 1. The van der Waals surface area contributed by atoms with Gasteiger partial charge in [-0.25, -0.2) is 0 Å². The predicted molar refractivity (Wildman–Crippen MR) is 98.4 cm³/mol. The zero-order valence-electron chi connectivity index (χ0n) is 13.5. The summed E-state index contributed by atoms with van der Waals surface area (Å²) in [6, 6.07) is 7.99. The van der Waals surface area contributed by atoms with Crippen LogP contribution in [0.3, 0.4) is 0 Å². The molecule has 1 aliphatic heterocycles. The van der Waals surface area contributed by atoms with Gasteiger partial charge in [0, 0.05) is 24.9 Å². The Labute approximate surface area is 150 Å². The summed E-state index contributed by atoms with van der Waals surface area (Å²) in [6.07, 6.45) is 0.859. The second kappa shape index (κ2) is 8.26. The first-order chi connectivity index (χ1) is 11.8. The summed E-state index contributed by atoms with van der Waals surface area (Å²) >= 11 is 8.04. The molecular formula is C17H20ClN3O2S. The highest BCUT2D eigenvalue weighted by Gasteiger charge is 2.15. The molecular weight excluding hydrogens is 346 g/mol. The van der Waals surface area contributed by atoms with Crippen molar-refractivity contribution in [1.82, 2.24) is 10.6 Å². The molecule has 2 heterocycles. The summed E-state index contributed by atoms with van der Waals surface area (Å²) in [6.45, 7) is 2.62. The van der Waals surface area contributed by atoms with Crippen molar-refractivity contribution in [3.05, 3.63) is 45.1 Å². The van der Waals surface area contributed by atoms with Crippen molar-refractivity contribution in [2.75, 3.05) is 20.3 Å². The first-order valence-electron chi connectivity index (χ1n) is 7.81. The zero-order chi connectivity index (χ0) is 16.8. The first-order valence-corrected chi connectivity index (χ1v) is 9.07. The third kappa shape index (κ3) is 4.33. The third-order valence-corrected chi connectivity index (χ3v) is 4.71. The maximum Gasteiger partial charge on any atom is 0.191 e. The molecule has 3 rings (SSSR count). The summed E-state index contributed by atoms with van der Waals surface area (Å²) in [5.74, 6) is 2.09. The molecule has 1 aromatic heterocycles. The van der Waals surface area contributed by atoms with Crippen LogP contribution in [0.2, 0.25) is 5.02 Å². The Hall–Kier alpha value is -1.92. The van der Waals surface area contributed by atoms with E-state index in [-0.39, 0.29) is 0 Å². The smallest absolute Gasteiger partial charge is 0.191 e. The highest BCUT2D eigenvalue weighted by atomic mass is 35.5. The van der Waals surface area contributed by atoms with Crippen molar-refractivity contribution < 1.29 is 9.47 Å². The van der Waals surface area contributed by atoms with Gasteiger partial charge in [-0.15, -0.1) is 11.3 Å². The number of rotatable bonds is 4. The minimum absolute atomic E-state index is 0.577. The van der Waals surface area contributed by atoms with E-state index < -0.39 is 0 Å². The molecule has 0 radical (unpaired) electrons. The van der Waals surface area contributed by atoms with Crippen LogP contribution in [0, 0.1) is 0 Å². The van der Waals surface area contributed by atoms with E-state index in [0.717, 1.165) is 24.5 Å². The van der Waals surface area contributed by atoms with Gasteiger partial charge in [0.1, 0.15) is 0 Å². The quantitative estimate of drug-likeness (QED) is 0.644. The SMILES string of the molecule is CN=C(NCc1cc(Cl)c2c(c1)OCCCO2)NCc1cccs1. The van der Waals surface area contributed by atoms with Gasteiger partial charge in [0.2, 0.25) is 0 Å².